The van der Waals surface area contributed by atoms with Crippen LogP contribution in [0.3, 0.4) is 0 Å². The number of rotatable bonds is 2. The number of anilines is 1. The second-order valence-electron chi connectivity index (χ2n) is 5.85. The number of fused-ring (bicyclic) bond motifs is 2. The molecule has 2 fully saturated rings. The predicted octanol–water partition coefficient (Wildman–Crippen LogP) is 1.72. The molecule has 2 saturated carbocycles. The molecule has 1 heterocycles. The van der Waals surface area contributed by atoms with E-state index in [2.05, 4.69) is 10.5 Å². The Bertz CT molecular complexity index is 563. The molecule has 0 aromatic carbocycles. The van der Waals surface area contributed by atoms with Crippen molar-refractivity contribution in [2.24, 2.45) is 17.8 Å². The van der Waals surface area contributed by atoms with Crippen molar-refractivity contribution in [2.45, 2.75) is 38.5 Å². The average molecular weight is 260 g/mol. The molecule has 0 aliphatic heterocycles. The standard InChI is InChI=1S/C14H16N2O3/c17-9-6-5-8-11(9)12(8)14(18)15-13-7-3-1-2-4-10(7)19-16-13/h8,11-12H,1-6H2,(H,15,16,18). The van der Waals surface area contributed by atoms with E-state index in [1.54, 1.807) is 0 Å². The minimum atomic E-state index is -0.114. The van der Waals surface area contributed by atoms with E-state index < -0.39 is 0 Å². The zero-order chi connectivity index (χ0) is 13.0. The molecule has 3 aliphatic carbocycles. The number of ketones is 1. The molecular formula is C14H16N2O3. The topological polar surface area (TPSA) is 72.2 Å². The molecule has 19 heavy (non-hydrogen) atoms. The van der Waals surface area contributed by atoms with Crippen LogP contribution in [0.15, 0.2) is 4.52 Å². The Morgan fingerprint density at radius 2 is 2.11 bits per heavy atom. The maximum Gasteiger partial charge on any atom is 0.229 e. The van der Waals surface area contributed by atoms with Crippen molar-refractivity contribution in [1.29, 1.82) is 0 Å². The first kappa shape index (κ1) is 11.2. The number of Topliss-reactive ketones (excluding diaryl/α,β-unsaturated/α-hetero) is 1. The molecule has 1 aromatic heterocycles. The molecule has 0 radical (unpaired) electrons. The number of hydrogen-bond acceptors (Lipinski definition) is 4. The van der Waals surface area contributed by atoms with Gasteiger partial charge in [-0.1, -0.05) is 5.16 Å². The Kier molecular flexibility index (Phi) is 2.31. The van der Waals surface area contributed by atoms with Crippen LogP contribution in [-0.2, 0) is 22.4 Å². The number of aryl methyl sites for hydroxylation is 1. The number of carbonyl (C=O) groups excluding carboxylic acids is 2. The summed E-state index contributed by atoms with van der Waals surface area (Å²) in [5, 5.41) is 6.83. The quantitative estimate of drug-likeness (QED) is 0.878. The molecule has 1 amide bonds. The maximum atomic E-state index is 12.2. The van der Waals surface area contributed by atoms with Gasteiger partial charge in [-0.05, 0) is 31.6 Å². The molecule has 4 rings (SSSR count). The summed E-state index contributed by atoms with van der Waals surface area (Å²) in [5.74, 6) is 1.86. The van der Waals surface area contributed by atoms with E-state index >= 15 is 0 Å². The van der Waals surface area contributed by atoms with E-state index in [9.17, 15) is 9.59 Å². The summed E-state index contributed by atoms with van der Waals surface area (Å²) in [6, 6.07) is 0. The minimum Gasteiger partial charge on any atom is -0.359 e. The van der Waals surface area contributed by atoms with Crippen molar-refractivity contribution in [1.82, 2.24) is 5.16 Å². The molecule has 0 saturated heterocycles. The van der Waals surface area contributed by atoms with Crippen LogP contribution in [0, 0.1) is 17.8 Å². The van der Waals surface area contributed by atoms with Gasteiger partial charge in [-0.2, -0.15) is 0 Å². The van der Waals surface area contributed by atoms with Gasteiger partial charge in [0, 0.05) is 24.3 Å². The van der Waals surface area contributed by atoms with Gasteiger partial charge in [0.2, 0.25) is 5.91 Å². The molecule has 0 bridgehead atoms. The molecule has 1 aromatic rings. The van der Waals surface area contributed by atoms with Crippen molar-refractivity contribution in [3.8, 4) is 0 Å². The second-order valence-corrected chi connectivity index (χ2v) is 5.85. The van der Waals surface area contributed by atoms with E-state index in [1.807, 2.05) is 0 Å². The fraction of sp³-hybridized carbons (Fsp3) is 0.643. The molecule has 5 heteroatoms. The van der Waals surface area contributed by atoms with Crippen molar-refractivity contribution >= 4 is 17.5 Å². The normalized spacial score (nSPS) is 31.8. The minimum absolute atomic E-state index is 0.0114. The van der Waals surface area contributed by atoms with Crippen LogP contribution in [0.1, 0.15) is 37.0 Å². The Morgan fingerprint density at radius 1 is 1.26 bits per heavy atom. The van der Waals surface area contributed by atoms with Crippen molar-refractivity contribution in [3.63, 3.8) is 0 Å². The summed E-state index contributed by atoms with van der Waals surface area (Å²) in [5.41, 5.74) is 1.05. The SMILES string of the molecule is O=C1CCC2C1C2C(=O)Nc1noc2c1CCCC2. The van der Waals surface area contributed by atoms with Gasteiger partial charge in [-0.15, -0.1) is 0 Å². The van der Waals surface area contributed by atoms with Crippen LogP contribution < -0.4 is 5.32 Å². The molecule has 3 aliphatic rings. The Balaban J connectivity index is 1.49. The third-order valence-corrected chi connectivity index (χ3v) is 4.76. The number of carbonyl (C=O) groups is 2. The van der Waals surface area contributed by atoms with Crippen LogP contribution in [0.25, 0.3) is 0 Å². The molecular weight excluding hydrogens is 244 g/mol. The fourth-order valence-electron chi connectivity index (χ4n) is 3.69. The number of nitrogens with zero attached hydrogens (tertiary/aromatic N) is 1. The maximum absolute atomic E-state index is 12.2. The third kappa shape index (κ3) is 1.64. The third-order valence-electron chi connectivity index (χ3n) is 4.76. The van der Waals surface area contributed by atoms with Gasteiger partial charge in [-0.25, -0.2) is 0 Å². The molecule has 5 nitrogen and oxygen atoms in total. The zero-order valence-corrected chi connectivity index (χ0v) is 10.6. The molecule has 3 atom stereocenters. The van der Waals surface area contributed by atoms with Crippen molar-refractivity contribution in [2.75, 3.05) is 5.32 Å². The van der Waals surface area contributed by atoms with Gasteiger partial charge >= 0.3 is 0 Å². The number of amides is 1. The van der Waals surface area contributed by atoms with Gasteiger partial charge < -0.3 is 9.84 Å². The highest BCUT2D eigenvalue weighted by Gasteiger charge is 2.61. The number of aromatic nitrogens is 1. The van der Waals surface area contributed by atoms with Gasteiger partial charge in [0.05, 0.1) is 5.92 Å². The molecule has 100 valence electrons. The largest absolute Gasteiger partial charge is 0.359 e. The van der Waals surface area contributed by atoms with E-state index in [0.717, 1.165) is 43.4 Å². The number of hydrogen-bond donors (Lipinski definition) is 1. The zero-order valence-electron chi connectivity index (χ0n) is 10.6. The monoisotopic (exact) mass is 260 g/mol. The number of nitrogens with one attached hydrogen (secondary N) is 1. The summed E-state index contributed by atoms with van der Waals surface area (Å²) < 4.78 is 5.27. The van der Waals surface area contributed by atoms with E-state index in [4.69, 9.17) is 4.52 Å². The average Bonchev–Trinajstić information content (AvgIpc) is 2.84. The summed E-state index contributed by atoms with van der Waals surface area (Å²) in [7, 11) is 0. The lowest BCUT2D eigenvalue weighted by Gasteiger charge is -2.10. The van der Waals surface area contributed by atoms with Gasteiger partial charge in [0.15, 0.2) is 5.82 Å². The highest BCUT2D eigenvalue weighted by molar-refractivity contribution is 6.02. The summed E-state index contributed by atoms with van der Waals surface area (Å²) in [4.78, 5) is 23.7. The Morgan fingerprint density at radius 3 is 2.89 bits per heavy atom. The van der Waals surface area contributed by atoms with E-state index in [-0.39, 0.29) is 29.4 Å². The molecule has 3 unspecified atom stereocenters. The van der Waals surface area contributed by atoms with Crippen molar-refractivity contribution < 1.29 is 14.1 Å². The van der Waals surface area contributed by atoms with Gasteiger partial charge in [-0.3, -0.25) is 9.59 Å². The summed E-state index contributed by atoms with van der Waals surface area (Å²) in [6.07, 6.45) is 5.59. The first-order valence-corrected chi connectivity index (χ1v) is 7.06. The van der Waals surface area contributed by atoms with Gasteiger partial charge in [0.1, 0.15) is 11.5 Å². The Labute approximate surface area is 110 Å². The fourth-order valence-corrected chi connectivity index (χ4v) is 3.69. The van der Waals surface area contributed by atoms with Crippen LogP contribution in [0.4, 0.5) is 5.82 Å². The van der Waals surface area contributed by atoms with Crippen molar-refractivity contribution in [3.05, 3.63) is 11.3 Å². The highest BCUT2D eigenvalue weighted by Crippen LogP contribution is 2.55. The predicted molar refractivity (Wildman–Crippen MR) is 66.5 cm³/mol. The first-order chi connectivity index (χ1) is 9.25. The van der Waals surface area contributed by atoms with Crippen LogP contribution in [-0.4, -0.2) is 16.8 Å². The first-order valence-electron chi connectivity index (χ1n) is 7.06. The Hall–Kier alpha value is -1.65. The lowest BCUT2D eigenvalue weighted by Crippen LogP contribution is -2.19. The van der Waals surface area contributed by atoms with E-state index in [0.29, 0.717) is 12.2 Å². The lowest BCUT2D eigenvalue weighted by molar-refractivity contribution is -0.123. The molecule has 0 spiro atoms. The van der Waals surface area contributed by atoms with Gasteiger partial charge in [0.25, 0.3) is 0 Å². The van der Waals surface area contributed by atoms with Crippen LogP contribution in [0.5, 0.6) is 0 Å². The highest BCUT2D eigenvalue weighted by atomic mass is 16.5. The second kappa shape index (κ2) is 3.92. The summed E-state index contributed by atoms with van der Waals surface area (Å²) >= 11 is 0. The summed E-state index contributed by atoms with van der Waals surface area (Å²) in [6.45, 7) is 0. The smallest absolute Gasteiger partial charge is 0.229 e. The van der Waals surface area contributed by atoms with E-state index in [1.165, 1.54) is 0 Å². The van der Waals surface area contributed by atoms with Crippen LogP contribution >= 0.6 is 0 Å². The lowest BCUT2D eigenvalue weighted by atomic mass is 9.98. The molecule has 1 N–H and O–H groups in total. The van der Waals surface area contributed by atoms with Crippen LogP contribution in [0.2, 0.25) is 0 Å².